The molecule has 2 aromatic heterocycles. The molecule has 2 aromatic rings. The maximum absolute atomic E-state index is 11.9. The molecule has 0 bridgehead atoms. The summed E-state index contributed by atoms with van der Waals surface area (Å²) in [7, 11) is 0. The molecule has 0 aromatic carbocycles. The number of nitrogens with one attached hydrogen (secondary N) is 1. The highest BCUT2D eigenvalue weighted by Gasteiger charge is 2.14. The Morgan fingerprint density at radius 3 is 2.92 bits per heavy atom. The van der Waals surface area contributed by atoms with Crippen molar-refractivity contribution in [1.82, 2.24) is 20.4 Å². The van der Waals surface area contributed by atoms with Crippen molar-refractivity contribution in [2.75, 3.05) is 39.4 Å². The lowest BCUT2D eigenvalue weighted by Crippen LogP contribution is -2.38. The molecule has 0 atom stereocenters. The van der Waals surface area contributed by atoms with Gasteiger partial charge in [0.15, 0.2) is 0 Å². The molecule has 3 heterocycles. The zero-order valence-corrected chi connectivity index (χ0v) is 14.5. The van der Waals surface area contributed by atoms with Gasteiger partial charge in [0.2, 0.25) is 11.8 Å². The Bertz CT molecular complexity index is 676. The topological polar surface area (TPSA) is 93.6 Å². The minimum atomic E-state index is 0.00113. The van der Waals surface area contributed by atoms with E-state index in [-0.39, 0.29) is 5.91 Å². The number of nitrogens with zero attached hydrogens (tertiary/aromatic N) is 3. The molecular formula is C17H24N4O4. The molecular weight excluding hydrogens is 324 g/mol. The van der Waals surface area contributed by atoms with Crippen LogP contribution < -0.4 is 5.32 Å². The normalized spacial score (nSPS) is 15.4. The molecule has 1 saturated heterocycles. The Balaban J connectivity index is 1.33. The zero-order chi connectivity index (χ0) is 17.5. The SMILES string of the molecule is Cc1occc1-c1nnc(CCC(=O)NCCCN2CCOCC2)o1. The first-order chi connectivity index (χ1) is 12.2. The van der Waals surface area contributed by atoms with E-state index >= 15 is 0 Å². The first-order valence-electron chi connectivity index (χ1n) is 8.66. The minimum absolute atomic E-state index is 0.00113. The summed E-state index contributed by atoms with van der Waals surface area (Å²) in [6.45, 7) is 7.06. The smallest absolute Gasteiger partial charge is 0.251 e. The summed E-state index contributed by atoms with van der Waals surface area (Å²) in [6.07, 6.45) is 3.29. The van der Waals surface area contributed by atoms with E-state index in [4.69, 9.17) is 13.6 Å². The quantitative estimate of drug-likeness (QED) is 0.721. The molecule has 1 fully saturated rings. The summed E-state index contributed by atoms with van der Waals surface area (Å²) in [6, 6.07) is 1.79. The first-order valence-corrected chi connectivity index (χ1v) is 8.66. The largest absolute Gasteiger partial charge is 0.469 e. The van der Waals surface area contributed by atoms with E-state index in [0.29, 0.717) is 31.2 Å². The van der Waals surface area contributed by atoms with Crippen molar-refractivity contribution in [3.05, 3.63) is 24.0 Å². The highest BCUT2D eigenvalue weighted by molar-refractivity contribution is 5.75. The van der Waals surface area contributed by atoms with Crippen LogP contribution in [0, 0.1) is 6.92 Å². The van der Waals surface area contributed by atoms with E-state index in [9.17, 15) is 4.79 Å². The van der Waals surface area contributed by atoms with Crippen molar-refractivity contribution in [1.29, 1.82) is 0 Å². The number of ether oxygens (including phenoxy) is 1. The Hall–Kier alpha value is -2.19. The average Bonchev–Trinajstić information content (AvgIpc) is 3.26. The molecule has 3 rings (SSSR count). The number of amides is 1. The molecule has 8 heteroatoms. The summed E-state index contributed by atoms with van der Waals surface area (Å²) in [5.74, 6) is 1.61. The first kappa shape index (κ1) is 17.6. The van der Waals surface area contributed by atoms with Crippen LogP contribution in [-0.4, -0.2) is 60.4 Å². The van der Waals surface area contributed by atoms with Crippen molar-refractivity contribution in [2.45, 2.75) is 26.2 Å². The van der Waals surface area contributed by atoms with Crippen LogP contribution in [0.3, 0.4) is 0 Å². The van der Waals surface area contributed by atoms with Gasteiger partial charge in [0.1, 0.15) is 5.76 Å². The van der Waals surface area contributed by atoms with Gasteiger partial charge in [-0.25, -0.2) is 0 Å². The van der Waals surface area contributed by atoms with Crippen molar-refractivity contribution in [3.8, 4) is 11.5 Å². The Morgan fingerprint density at radius 1 is 1.32 bits per heavy atom. The maximum Gasteiger partial charge on any atom is 0.251 e. The Kier molecular flexibility index (Phi) is 6.19. The molecule has 0 unspecified atom stereocenters. The van der Waals surface area contributed by atoms with Crippen molar-refractivity contribution >= 4 is 5.91 Å². The van der Waals surface area contributed by atoms with Crippen LogP contribution in [0.15, 0.2) is 21.2 Å². The number of carbonyl (C=O) groups is 1. The van der Waals surface area contributed by atoms with Gasteiger partial charge in [-0.1, -0.05) is 0 Å². The van der Waals surface area contributed by atoms with E-state index in [0.717, 1.165) is 50.6 Å². The van der Waals surface area contributed by atoms with Crippen LogP contribution in [0.2, 0.25) is 0 Å². The van der Waals surface area contributed by atoms with Crippen LogP contribution in [0.4, 0.5) is 0 Å². The number of aromatic nitrogens is 2. The van der Waals surface area contributed by atoms with Crippen LogP contribution in [0.1, 0.15) is 24.5 Å². The van der Waals surface area contributed by atoms with Crippen molar-refractivity contribution in [2.24, 2.45) is 0 Å². The third-order valence-electron chi connectivity index (χ3n) is 4.20. The van der Waals surface area contributed by atoms with Gasteiger partial charge in [0.25, 0.3) is 5.89 Å². The van der Waals surface area contributed by atoms with Crippen LogP contribution in [0.25, 0.3) is 11.5 Å². The average molecular weight is 348 g/mol. The monoisotopic (exact) mass is 348 g/mol. The molecule has 0 spiro atoms. The fourth-order valence-corrected chi connectivity index (χ4v) is 2.73. The van der Waals surface area contributed by atoms with E-state index in [1.807, 2.05) is 6.92 Å². The fourth-order valence-electron chi connectivity index (χ4n) is 2.73. The second kappa shape index (κ2) is 8.77. The Labute approximate surface area is 146 Å². The number of hydrogen-bond acceptors (Lipinski definition) is 7. The van der Waals surface area contributed by atoms with Gasteiger partial charge >= 0.3 is 0 Å². The maximum atomic E-state index is 11.9. The third kappa shape index (κ3) is 5.14. The van der Waals surface area contributed by atoms with E-state index in [1.165, 1.54) is 0 Å². The molecule has 0 aliphatic carbocycles. The third-order valence-corrected chi connectivity index (χ3v) is 4.20. The molecule has 8 nitrogen and oxygen atoms in total. The predicted molar refractivity (Wildman–Crippen MR) is 89.9 cm³/mol. The van der Waals surface area contributed by atoms with Crippen molar-refractivity contribution in [3.63, 3.8) is 0 Å². The summed E-state index contributed by atoms with van der Waals surface area (Å²) in [5, 5.41) is 10.9. The molecule has 25 heavy (non-hydrogen) atoms. The van der Waals surface area contributed by atoms with Gasteiger partial charge in [0.05, 0.1) is 25.0 Å². The van der Waals surface area contributed by atoms with Gasteiger partial charge in [-0.2, -0.15) is 0 Å². The number of aryl methyl sites for hydroxylation is 2. The van der Waals surface area contributed by atoms with E-state index < -0.39 is 0 Å². The lowest BCUT2D eigenvalue weighted by atomic mass is 10.2. The van der Waals surface area contributed by atoms with Gasteiger partial charge in [-0.3, -0.25) is 9.69 Å². The highest BCUT2D eigenvalue weighted by atomic mass is 16.5. The second-order valence-electron chi connectivity index (χ2n) is 6.05. The van der Waals surface area contributed by atoms with E-state index in [1.54, 1.807) is 12.3 Å². The highest BCUT2D eigenvalue weighted by Crippen LogP contribution is 2.22. The summed E-state index contributed by atoms with van der Waals surface area (Å²) >= 11 is 0. The van der Waals surface area contributed by atoms with E-state index in [2.05, 4.69) is 20.4 Å². The molecule has 1 aliphatic heterocycles. The molecule has 1 N–H and O–H groups in total. The van der Waals surface area contributed by atoms with Gasteiger partial charge in [-0.05, 0) is 26.0 Å². The number of hydrogen-bond donors (Lipinski definition) is 1. The zero-order valence-electron chi connectivity index (χ0n) is 14.5. The van der Waals surface area contributed by atoms with Crippen LogP contribution >= 0.6 is 0 Å². The molecule has 1 aliphatic rings. The lowest BCUT2D eigenvalue weighted by molar-refractivity contribution is -0.121. The standard InChI is InChI=1S/C17H24N4O4/c1-13-14(5-10-24-13)17-20-19-16(25-17)4-3-15(22)18-6-2-7-21-8-11-23-12-9-21/h5,10H,2-4,6-9,11-12H2,1H3,(H,18,22). The van der Waals surface area contributed by atoms with Crippen LogP contribution in [0.5, 0.6) is 0 Å². The minimum Gasteiger partial charge on any atom is -0.469 e. The molecule has 1 amide bonds. The van der Waals surface area contributed by atoms with Crippen LogP contribution in [-0.2, 0) is 16.0 Å². The van der Waals surface area contributed by atoms with Gasteiger partial charge < -0.3 is 18.9 Å². The number of carbonyl (C=O) groups excluding carboxylic acids is 1. The second-order valence-corrected chi connectivity index (χ2v) is 6.05. The summed E-state index contributed by atoms with van der Waals surface area (Å²) in [5.41, 5.74) is 0.784. The molecule has 0 radical (unpaired) electrons. The number of furan rings is 1. The van der Waals surface area contributed by atoms with Crippen molar-refractivity contribution < 1.29 is 18.4 Å². The molecule has 0 saturated carbocycles. The lowest BCUT2D eigenvalue weighted by Gasteiger charge is -2.26. The molecule has 136 valence electrons. The fraction of sp³-hybridized carbons (Fsp3) is 0.588. The Morgan fingerprint density at radius 2 is 2.16 bits per heavy atom. The van der Waals surface area contributed by atoms with Gasteiger partial charge in [-0.15, -0.1) is 10.2 Å². The van der Waals surface area contributed by atoms with Gasteiger partial charge in [0, 0.05) is 32.5 Å². The predicted octanol–water partition coefficient (Wildman–Crippen LogP) is 1.41. The number of morpholine rings is 1. The summed E-state index contributed by atoms with van der Waals surface area (Å²) in [4.78, 5) is 14.3. The number of rotatable bonds is 8. The summed E-state index contributed by atoms with van der Waals surface area (Å²) < 4.78 is 16.1.